The van der Waals surface area contributed by atoms with E-state index in [1.807, 2.05) is 4.90 Å². The van der Waals surface area contributed by atoms with Gasteiger partial charge in [0.1, 0.15) is 17.8 Å². The molecule has 0 radical (unpaired) electrons. The maximum Gasteiger partial charge on any atom is 0.303 e. The molecule has 9 heteroatoms. The zero-order valence-electron chi connectivity index (χ0n) is 17.3. The maximum absolute atomic E-state index is 15.1. The van der Waals surface area contributed by atoms with Gasteiger partial charge in [0.2, 0.25) is 5.69 Å². The molecule has 4 unspecified atom stereocenters. The minimum atomic E-state index is -3.12. The van der Waals surface area contributed by atoms with Crippen molar-refractivity contribution >= 4 is 23.3 Å². The lowest BCUT2D eigenvalue weighted by Gasteiger charge is -2.54. The highest BCUT2D eigenvalue weighted by molar-refractivity contribution is 5.79. The van der Waals surface area contributed by atoms with Crippen LogP contribution in [0.4, 0.5) is 30.5 Å². The lowest BCUT2D eigenvalue weighted by atomic mass is 9.60. The molecule has 1 aromatic heterocycles. The van der Waals surface area contributed by atoms with Crippen molar-refractivity contribution in [1.82, 2.24) is 4.98 Å². The highest BCUT2D eigenvalue weighted by Crippen LogP contribution is 2.54. The number of carboxylic acid groups (broad SMARTS) is 1. The zero-order chi connectivity index (χ0) is 22.1. The zero-order valence-corrected chi connectivity index (χ0v) is 17.3. The number of aromatic nitrogens is 1. The Bertz CT molecular complexity index is 966. The summed E-state index contributed by atoms with van der Waals surface area (Å²) in [6, 6.07) is -0.509. The molecule has 0 amide bonds. The first-order valence-corrected chi connectivity index (χ1v) is 10.9. The van der Waals surface area contributed by atoms with Crippen molar-refractivity contribution in [3.8, 4) is 0 Å². The number of pyridine rings is 1. The topological polar surface area (TPSA) is 61.0 Å². The third-order valence-corrected chi connectivity index (χ3v) is 7.72. The summed E-state index contributed by atoms with van der Waals surface area (Å²) >= 11 is 0. The van der Waals surface area contributed by atoms with Gasteiger partial charge >= 0.3 is 5.97 Å². The molecule has 5 aliphatic rings. The average molecular weight is 434 g/mol. The number of alkyl halides is 3. The van der Waals surface area contributed by atoms with Gasteiger partial charge in [0, 0.05) is 31.5 Å². The third kappa shape index (κ3) is 3.06. The highest BCUT2D eigenvalue weighted by atomic mass is 19.3. The van der Waals surface area contributed by atoms with E-state index in [4.69, 9.17) is 16.7 Å². The number of hydrogen-bond acceptors (Lipinski definition) is 4. The van der Waals surface area contributed by atoms with Crippen LogP contribution in [0.5, 0.6) is 0 Å². The molecule has 6 rings (SSSR count). The molecule has 166 valence electrons. The lowest BCUT2D eigenvalue weighted by Crippen LogP contribution is -2.58. The van der Waals surface area contributed by atoms with E-state index in [-0.39, 0.29) is 54.2 Å². The van der Waals surface area contributed by atoms with Crippen LogP contribution in [0.3, 0.4) is 0 Å². The van der Waals surface area contributed by atoms with E-state index in [0.717, 1.165) is 6.42 Å². The fraction of sp³-hybridized carbons (Fsp3) is 0.682. The fourth-order valence-corrected chi connectivity index (χ4v) is 5.94. The smallest absolute Gasteiger partial charge is 0.303 e. The number of carboxylic acids is 1. The molecule has 4 atom stereocenters. The number of carbonyl (C=O) groups is 1. The normalized spacial score (nSPS) is 33.1. The van der Waals surface area contributed by atoms with Crippen molar-refractivity contribution in [3.05, 3.63) is 22.5 Å². The van der Waals surface area contributed by atoms with Gasteiger partial charge in [0.05, 0.1) is 19.2 Å². The highest BCUT2D eigenvalue weighted by Gasteiger charge is 2.50. The van der Waals surface area contributed by atoms with Crippen molar-refractivity contribution in [2.75, 3.05) is 29.4 Å². The standard InChI is InChI=1S/C22H25F3N4O2/c1-11-16(23)10-29(11)21-19(26-2)18-14(4-3-5-22(18,24)25)20(27-21)28-8-12-6-13(9-28)15(12)7-17(30)31/h11-13,15-16H,3-10H2,1H3,(H,30,31). The second kappa shape index (κ2) is 7.01. The van der Waals surface area contributed by atoms with Crippen LogP contribution in [0.1, 0.15) is 43.7 Å². The summed E-state index contributed by atoms with van der Waals surface area (Å²) in [4.78, 5) is 23.0. The quantitative estimate of drug-likeness (QED) is 0.722. The Morgan fingerprint density at radius 1 is 1.29 bits per heavy atom. The van der Waals surface area contributed by atoms with Crippen molar-refractivity contribution in [2.24, 2.45) is 17.8 Å². The molecular formula is C22H25F3N4O2. The molecule has 1 saturated carbocycles. The molecule has 4 fully saturated rings. The van der Waals surface area contributed by atoms with Gasteiger partial charge in [-0.25, -0.2) is 23.0 Å². The molecule has 3 saturated heterocycles. The number of anilines is 2. The average Bonchev–Trinajstić information content (AvgIpc) is 2.74. The maximum atomic E-state index is 15.1. The summed E-state index contributed by atoms with van der Waals surface area (Å²) in [6.07, 6.45) is 0.463. The van der Waals surface area contributed by atoms with Gasteiger partial charge in [-0.05, 0) is 49.5 Å². The SMILES string of the molecule is [C-]#[N+]c1c(N2CC(F)C2C)nc(N2CC3CC(C2)C3CC(=O)O)c2c1C(F)(F)CCC2. The number of hydrogen-bond donors (Lipinski definition) is 1. The predicted octanol–water partition coefficient (Wildman–Crippen LogP) is 4.15. The number of aliphatic carboxylic acids is 1. The molecule has 31 heavy (non-hydrogen) atoms. The Morgan fingerprint density at radius 3 is 2.58 bits per heavy atom. The van der Waals surface area contributed by atoms with Crippen molar-refractivity contribution in [3.63, 3.8) is 0 Å². The summed E-state index contributed by atoms with van der Waals surface area (Å²) in [6.45, 7) is 10.5. The lowest BCUT2D eigenvalue weighted by molar-refractivity contribution is -0.141. The van der Waals surface area contributed by atoms with Gasteiger partial charge in [0.25, 0.3) is 5.92 Å². The number of piperidine rings is 2. The summed E-state index contributed by atoms with van der Waals surface area (Å²) in [5.41, 5.74) is 0.0600. The van der Waals surface area contributed by atoms with Crippen LogP contribution >= 0.6 is 0 Å². The van der Waals surface area contributed by atoms with Crippen LogP contribution in [0, 0.1) is 24.3 Å². The van der Waals surface area contributed by atoms with E-state index < -0.39 is 24.1 Å². The molecule has 1 N–H and O–H groups in total. The monoisotopic (exact) mass is 434 g/mol. The number of rotatable bonds is 4. The van der Waals surface area contributed by atoms with Gasteiger partial charge in [-0.1, -0.05) is 0 Å². The van der Waals surface area contributed by atoms with Gasteiger partial charge in [0.15, 0.2) is 0 Å². The van der Waals surface area contributed by atoms with Gasteiger partial charge in [-0.3, -0.25) is 4.79 Å². The van der Waals surface area contributed by atoms with E-state index in [9.17, 15) is 9.18 Å². The van der Waals surface area contributed by atoms with Crippen molar-refractivity contribution in [2.45, 2.75) is 57.2 Å². The molecule has 4 heterocycles. The second-order valence-corrected chi connectivity index (χ2v) is 9.46. The van der Waals surface area contributed by atoms with E-state index >= 15 is 8.78 Å². The van der Waals surface area contributed by atoms with Crippen molar-refractivity contribution < 1.29 is 23.1 Å². The van der Waals surface area contributed by atoms with E-state index in [0.29, 0.717) is 37.3 Å². The predicted molar refractivity (Wildman–Crippen MR) is 109 cm³/mol. The van der Waals surface area contributed by atoms with Crippen LogP contribution in [-0.4, -0.2) is 47.9 Å². The Morgan fingerprint density at radius 2 is 2.00 bits per heavy atom. The van der Waals surface area contributed by atoms with Gasteiger partial charge in [-0.15, -0.1) is 0 Å². The fourth-order valence-electron chi connectivity index (χ4n) is 5.94. The summed E-state index contributed by atoms with van der Waals surface area (Å²) in [7, 11) is 0. The van der Waals surface area contributed by atoms with Gasteiger partial charge in [-0.2, -0.15) is 0 Å². The molecule has 1 aromatic rings. The number of halogens is 3. The first kappa shape index (κ1) is 20.4. The van der Waals surface area contributed by atoms with Crippen LogP contribution in [0.2, 0.25) is 0 Å². The number of fused-ring (bicyclic) bond motifs is 3. The number of nitrogens with zero attached hydrogens (tertiary/aromatic N) is 4. The first-order chi connectivity index (χ1) is 14.7. The second-order valence-electron chi connectivity index (χ2n) is 9.46. The van der Waals surface area contributed by atoms with Crippen LogP contribution < -0.4 is 9.80 Å². The molecule has 2 aliphatic carbocycles. The van der Waals surface area contributed by atoms with Crippen LogP contribution in [0.15, 0.2) is 0 Å². The summed E-state index contributed by atoms with van der Waals surface area (Å²) < 4.78 is 44.0. The Labute approximate surface area is 178 Å². The van der Waals surface area contributed by atoms with E-state index in [2.05, 4.69) is 4.85 Å². The molecule has 0 spiro atoms. The third-order valence-electron chi connectivity index (χ3n) is 7.72. The minimum Gasteiger partial charge on any atom is -0.481 e. The molecular weight excluding hydrogens is 409 g/mol. The molecule has 0 aromatic carbocycles. The molecule has 2 bridgehead atoms. The summed E-state index contributed by atoms with van der Waals surface area (Å²) in [5, 5.41) is 9.16. The van der Waals surface area contributed by atoms with Crippen LogP contribution in [0.25, 0.3) is 4.85 Å². The summed E-state index contributed by atoms with van der Waals surface area (Å²) in [5.74, 6) is -2.75. The van der Waals surface area contributed by atoms with E-state index in [1.54, 1.807) is 11.8 Å². The molecule has 6 nitrogen and oxygen atoms in total. The molecule has 3 aliphatic heterocycles. The Hall–Kier alpha value is -2.50. The Balaban J connectivity index is 1.57. The van der Waals surface area contributed by atoms with Crippen molar-refractivity contribution in [1.29, 1.82) is 0 Å². The Kier molecular flexibility index (Phi) is 4.61. The first-order valence-electron chi connectivity index (χ1n) is 10.9. The minimum absolute atomic E-state index is 0.0480. The van der Waals surface area contributed by atoms with Gasteiger partial charge < -0.3 is 14.9 Å². The van der Waals surface area contributed by atoms with Crippen LogP contribution in [-0.2, 0) is 17.1 Å². The van der Waals surface area contributed by atoms with E-state index in [1.165, 1.54) is 0 Å². The largest absolute Gasteiger partial charge is 0.481 e.